The first-order chi connectivity index (χ1) is 11.2. The first kappa shape index (κ1) is 16.1. The van der Waals surface area contributed by atoms with Gasteiger partial charge in [-0.15, -0.1) is 10.2 Å². The fourth-order valence-corrected chi connectivity index (χ4v) is 3.30. The summed E-state index contributed by atoms with van der Waals surface area (Å²) < 4.78 is 0. The highest BCUT2D eigenvalue weighted by atomic mass is 32.2. The third kappa shape index (κ3) is 3.42. The van der Waals surface area contributed by atoms with Crippen molar-refractivity contribution in [1.29, 1.82) is 0 Å². The number of hydrogen-bond donors (Lipinski definition) is 1. The molecule has 2 unspecified atom stereocenters. The second-order valence-electron chi connectivity index (χ2n) is 5.85. The van der Waals surface area contributed by atoms with Crippen LogP contribution in [0.2, 0.25) is 0 Å². The van der Waals surface area contributed by atoms with Gasteiger partial charge in [0.05, 0.1) is 11.3 Å². The predicted molar refractivity (Wildman–Crippen MR) is 93.1 cm³/mol. The first-order valence-corrected chi connectivity index (χ1v) is 9.30. The summed E-state index contributed by atoms with van der Waals surface area (Å²) in [5, 5.41) is 8.58. The van der Waals surface area contributed by atoms with Crippen LogP contribution < -0.4 is 0 Å². The molecule has 6 heteroatoms. The van der Waals surface area contributed by atoms with Crippen LogP contribution in [0.15, 0.2) is 30.3 Å². The predicted octanol–water partition coefficient (Wildman–Crippen LogP) is 3.28. The van der Waals surface area contributed by atoms with Gasteiger partial charge in [0.2, 0.25) is 5.91 Å². The third-order valence-corrected chi connectivity index (χ3v) is 5.26. The Morgan fingerprint density at radius 3 is 2.83 bits per heavy atom. The number of carbonyl (C=O) groups is 1. The maximum Gasteiger partial charge on any atom is 0.236 e. The van der Waals surface area contributed by atoms with Gasteiger partial charge < -0.3 is 9.88 Å². The van der Waals surface area contributed by atoms with Gasteiger partial charge in [-0.25, -0.2) is 0 Å². The van der Waals surface area contributed by atoms with E-state index < -0.39 is 0 Å². The van der Waals surface area contributed by atoms with Gasteiger partial charge in [0.1, 0.15) is 0 Å². The van der Waals surface area contributed by atoms with Crippen molar-refractivity contribution < 1.29 is 4.79 Å². The fourth-order valence-electron chi connectivity index (χ4n) is 2.97. The first-order valence-electron chi connectivity index (χ1n) is 8.02. The van der Waals surface area contributed by atoms with Crippen LogP contribution in [0.25, 0.3) is 11.4 Å². The average molecular weight is 330 g/mol. The Kier molecular flexibility index (Phi) is 5.00. The maximum atomic E-state index is 12.6. The van der Waals surface area contributed by atoms with E-state index in [-0.39, 0.29) is 17.2 Å². The Morgan fingerprint density at radius 2 is 2.09 bits per heavy atom. The molecule has 3 rings (SSSR count). The Hall–Kier alpha value is -1.82. The summed E-state index contributed by atoms with van der Waals surface area (Å²) in [6.45, 7) is 2.77. The van der Waals surface area contributed by atoms with Crippen molar-refractivity contribution in [2.75, 3.05) is 12.8 Å². The molecule has 0 radical (unpaired) electrons. The molecule has 1 aliphatic heterocycles. The topological polar surface area (TPSA) is 61.9 Å². The van der Waals surface area contributed by atoms with Crippen molar-refractivity contribution in [2.45, 2.75) is 37.5 Å². The van der Waals surface area contributed by atoms with Gasteiger partial charge in [-0.2, -0.15) is 11.8 Å². The van der Waals surface area contributed by atoms with Crippen molar-refractivity contribution in [3.05, 3.63) is 36.2 Å². The lowest BCUT2D eigenvalue weighted by Gasteiger charge is -2.35. The number of rotatable bonds is 4. The molecular formula is C17H22N4OS. The minimum absolute atomic E-state index is 0.0100. The summed E-state index contributed by atoms with van der Waals surface area (Å²) in [5.41, 5.74) is 1.01. The molecule has 2 atom stereocenters. The van der Waals surface area contributed by atoms with E-state index in [2.05, 4.69) is 15.2 Å². The van der Waals surface area contributed by atoms with Crippen LogP contribution in [0, 0.1) is 0 Å². The summed E-state index contributed by atoms with van der Waals surface area (Å²) in [6, 6.07) is 9.96. The van der Waals surface area contributed by atoms with Crippen molar-refractivity contribution >= 4 is 17.7 Å². The molecule has 1 aliphatic rings. The smallest absolute Gasteiger partial charge is 0.236 e. The normalized spacial score (nSPS) is 19.6. The van der Waals surface area contributed by atoms with Crippen molar-refractivity contribution in [1.82, 2.24) is 20.1 Å². The minimum atomic E-state index is -0.0212. The summed E-state index contributed by atoms with van der Waals surface area (Å²) in [6.07, 6.45) is 5.09. The lowest BCUT2D eigenvalue weighted by atomic mass is 10.0. The number of likely N-dealkylation sites (tertiary alicyclic amines) is 1. The molecule has 2 heterocycles. The number of nitrogens with one attached hydrogen (secondary N) is 1. The highest BCUT2D eigenvalue weighted by molar-refractivity contribution is 7.99. The summed E-state index contributed by atoms with van der Waals surface area (Å²) in [5.74, 6) is 1.75. The number of H-pyrrole nitrogens is 1. The minimum Gasteiger partial charge on any atom is -0.331 e. The molecule has 1 N–H and O–H groups in total. The van der Waals surface area contributed by atoms with Crippen LogP contribution in [0.5, 0.6) is 0 Å². The van der Waals surface area contributed by atoms with Crippen LogP contribution >= 0.6 is 11.8 Å². The lowest BCUT2D eigenvalue weighted by molar-refractivity contribution is -0.134. The van der Waals surface area contributed by atoms with E-state index >= 15 is 0 Å². The van der Waals surface area contributed by atoms with Gasteiger partial charge in [0.25, 0.3) is 0 Å². The average Bonchev–Trinajstić information content (AvgIpc) is 3.11. The van der Waals surface area contributed by atoms with E-state index in [9.17, 15) is 4.79 Å². The molecule has 1 saturated heterocycles. The molecule has 122 valence electrons. The number of amides is 1. The Morgan fingerprint density at radius 1 is 1.30 bits per heavy atom. The molecule has 0 bridgehead atoms. The van der Waals surface area contributed by atoms with Crippen LogP contribution in [0.1, 0.15) is 38.1 Å². The van der Waals surface area contributed by atoms with Crippen molar-refractivity contribution in [3.63, 3.8) is 0 Å². The van der Waals surface area contributed by atoms with E-state index in [1.54, 1.807) is 11.8 Å². The lowest BCUT2D eigenvalue weighted by Crippen LogP contribution is -2.42. The third-order valence-electron chi connectivity index (χ3n) is 4.35. The highest BCUT2D eigenvalue weighted by Gasteiger charge is 2.32. The van der Waals surface area contributed by atoms with Gasteiger partial charge >= 0.3 is 0 Å². The van der Waals surface area contributed by atoms with Crippen LogP contribution in [-0.4, -0.2) is 44.0 Å². The monoisotopic (exact) mass is 330 g/mol. The zero-order valence-electron chi connectivity index (χ0n) is 13.5. The second-order valence-corrected chi connectivity index (χ2v) is 7.02. The molecule has 0 aliphatic carbocycles. The quantitative estimate of drug-likeness (QED) is 0.934. The number of piperidine rings is 1. The Labute approximate surface area is 140 Å². The van der Waals surface area contributed by atoms with E-state index in [1.807, 2.05) is 48.4 Å². The number of thioether (sulfide) groups is 1. The molecule has 2 aromatic rings. The number of hydrogen-bond acceptors (Lipinski definition) is 4. The van der Waals surface area contributed by atoms with Crippen LogP contribution in [-0.2, 0) is 4.79 Å². The summed E-state index contributed by atoms with van der Waals surface area (Å²) >= 11 is 1.59. The summed E-state index contributed by atoms with van der Waals surface area (Å²) in [4.78, 5) is 17.9. The van der Waals surface area contributed by atoms with Crippen molar-refractivity contribution in [2.24, 2.45) is 0 Å². The fraction of sp³-hybridized carbons (Fsp3) is 0.471. The molecule has 0 spiro atoms. The van der Waals surface area contributed by atoms with E-state index in [0.717, 1.165) is 43.0 Å². The van der Waals surface area contributed by atoms with Crippen molar-refractivity contribution in [3.8, 4) is 11.4 Å². The summed E-state index contributed by atoms with van der Waals surface area (Å²) in [7, 11) is 0. The van der Waals surface area contributed by atoms with E-state index in [0.29, 0.717) is 0 Å². The number of aromatic nitrogens is 3. The number of benzene rings is 1. The number of nitrogens with zero attached hydrogens (tertiary/aromatic N) is 3. The molecule has 1 aromatic heterocycles. The second kappa shape index (κ2) is 7.17. The van der Waals surface area contributed by atoms with Gasteiger partial charge in [0, 0.05) is 12.1 Å². The van der Waals surface area contributed by atoms with Gasteiger partial charge in [-0.05, 0) is 32.4 Å². The molecule has 5 nitrogen and oxygen atoms in total. The Balaban J connectivity index is 1.84. The van der Waals surface area contributed by atoms with Gasteiger partial charge in [0.15, 0.2) is 11.6 Å². The zero-order valence-corrected chi connectivity index (χ0v) is 14.3. The molecule has 23 heavy (non-hydrogen) atoms. The highest BCUT2D eigenvalue weighted by Crippen LogP contribution is 2.31. The van der Waals surface area contributed by atoms with Crippen LogP contribution in [0.4, 0.5) is 0 Å². The number of aromatic amines is 1. The van der Waals surface area contributed by atoms with Crippen LogP contribution in [0.3, 0.4) is 0 Å². The largest absolute Gasteiger partial charge is 0.331 e. The molecule has 1 aromatic carbocycles. The number of carbonyl (C=O) groups excluding carboxylic acids is 1. The maximum absolute atomic E-state index is 12.6. The standard InChI is InChI=1S/C17H22N4OS/c1-12(23-2)17(22)21-11-7-6-10-14(21)16-18-15(19-20-16)13-8-4-3-5-9-13/h3-5,8-9,12,14H,6-7,10-11H2,1-2H3,(H,18,19,20). The van der Waals surface area contributed by atoms with Gasteiger partial charge in [-0.1, -0.05) is 30.3 Å². The molecule has 1 fully saturated rings. The van der Waals surface area contributed by atoms with E-state index in [4.69, 9.17) is 0 Å². The zero-order chi connectivity index (χ0) is 16.2. The molecular weight excluding hydrogens is 308 g/mol. The van der Waals surface area contributed by atoms with Gasteiger partial charge in [-0.3, -0.25) is 4.79 Å². The molecule has 1 amide bonds. The Bertz CT molecular complexity index is 658. The SMILES string of the molecule is CSC(C)C(=O)N1CCCCC1c1nnc(-c2ccccc2)[nH]1. The molecule has 0 saturated carbocycles. The van der Waals surface area contributed by atoms with E-state index in [1.165, 1.54) is 0 Å².